The molecule has 0 aliphatic heterocycles. The third-order valence-electron chi connectivity index (χ3n) is 3.80. The Morgan fingerprint density at radius 1 is 1.15 bits per heavy atom. The van der Waals surface area contributed by atoms with Crippen molar-refractivity contribution in [2.75, 3.05) is 7.05 Å². The molecule has 1 N–H and O–H groups in total. The predicted molar refractivity (Wildman–Crippen MR) is 87.6 cm³/mol. The van der Waals surface area contributed by atoms with Crippen LogP contribution in [0.2, 0.25) is 0 Å². The summed E-state index contributed by atoms with van der Waals surface area (Å²) in [5, 5.41) is 4.68. The smallest absolute Gasteiger partial charge is 0.0946 e. The molecule has 0 fully saturated rings. The summed E-state index contributed by atoms with van der Waals surface area (Å²) in [5.74, 6) is 0. The zero-order valence-corrected chi connectivity index (χ0v) is 13.7. The molecule has 0 amide bonds. The zero-order chi connectivity index (χ0) is 14.5. The van der Waals surface area contributed by atoms with Crippen LogP contribution in [-0.4, -0.2) is 18.1 Å². The molecule has 0 aliphatic carbocycles. The van der Waals surface area contributed by atoms with Crippen LogP contribution in [0.5, 0.6) is 0 Å². The van der Waals surface area contributed by atoms with E-state index in [1.807, 2.05) is 18.4 Å². The first kappa shape index (κ1) is 15.2. The molecule has 0 saturated heterocycles. The average molecular weight is 288 g/mol. The number of likely N-dealkylation sites (N-methyl/N-ethyl adjacent to an activating group) is 1. The Kier molecular flexibility index (Phi) is 5.32. The first-order valence-corrected chi connectivity index (χ1v) is 8.06. The fourth-order valence-electron chi connectivity index (χ4n) is 2.28. The topological polar surface area (TPSA) is 24.9 Å². The summed E-state index contributed by atoms with van der Waals surface area (Å²) in [6.07, 6.45) is 3.30. The highest BCUT2D eigenvalue weighted by Crippen LogP contribution is 2.19. The van der Waals surface area contributed by atoms with Gasteiger partial charge in [-0.1, -0.05) is 29.8 Å². The normalized spacial score (nSPS) is 12.6. The van der Waals surface area contributed by atoms with Gasteiger partial charge in [0.2, 0.25) is 0 Å². The van der Waals surface area contributed by atoms with E-state index in [0.717, 1.165) is 19.3 Å². The molecule has 0 saturated carbocycles. The summed E-state index contributed by atoms with van der Waals surface area (Å²) < 4.78 is 0. The van der Waals surface area contributed by atoms with Crippen LogP contribution in [0.15, 0.2) is 24.3 Å². The Morgan fingerprint density at radius 2 is 1.85 bits per heavy atom. The Balaban J connectivity index is 1.90. The Hall–Kier alpha value is -1.19. The second kappa shape index (κ2) is 7.00. The summed E-state index contributed by atoms with van der Waals surface area (Å²) in [7, 11) is 2.05. The second-order valence-corrected chi connectivity index (χ2v) is 6.75. The lowest BCUT2D eigenvalue weighted by atomic mass is 10.0. The predicted octanol–water partition coefficient (Wildman–Crippen LogP) is 3.83. The molecule has 1 aromatic carbocycles. The van der Waals surface area contributed by atoms with E-state index in [1.165, 1.54) is 26.7 Å². The fraction of sp³-hybridized carbons (Fsp3) is 0.471. The van der Waals surface area contributed by atoms with Gasteiger partial charge in [-0.05, 0) is 46.2 Å². The van der Waals surface area contributed by atoms with Crippen molar-refractivity contribution < 1.29 is 0 Å². The molecule has 0 radical (unpaired) electrons. The molecule has 1 aromatic heterocycles. The van der Waals surface area contributed by atoms with E-state index in [-0.39, 0.29) is 0 Å². The number of thiazole rings is 1. The van der Waals surface area contributed by atoms with Gasteiger partial charge in [0.1, 0.15) is 0 Å². The van der Waals surface area contributed by atoms with Crippen molar-refractivity contribution in [3.63, 3.8) is 0 Å². The molecular formula is C17H24N2S. The quantitative estimate of drug-likeness (QED) is 0.874. The minimum Gasteiger partial charge on any atom is -0.317 e. The molecule has 1 unspecified atom stereocenters. The Bertz CT molecular complexity index is 523. The number of aryl methyl sites for hydroxylation is 4. The minimum atomic E-state index is 0.501. The molecule has 2 aromatic rings. The maximum Gasteiger partial charge on any atom is 0.0946 e. The van der Waals surface area contributed by atoms with Crippen molar-refractivity contribution in [1.82, 2.24) is 10.3 Å². The molecule has 3 heteroatoms. The number of aromatic nitrogens is 1. The van der Waals surface area contributed by atoms with Crippen molar-refractivity contribution in [3.8, 4) is 0 Å². The van der Waals surface area contributed by atoms with E-state index in [0.29, 0.717) is 6.04 Å². The van der Waals surface area contributed by atoms with Crippen molar-refractivity contribution >= 4 is 11.3 Å². The first-order chi connectivity index (χ1) is 9.58. The zero-order valence-electron chi connectivity index (χ0n) is 12.9. The van der Waals surface area contributed by atoms with Crippen LogP contribution in [-0.2, 0) is 12.8 Å². The van der Waals surface area contributed by atoms with Crippen LogP contribution in [0.1, 0.15) is 33.1 Å². The summed E-state index contributed by atoms with van der Waals surface area (Å²) in [5.41, 5.74) is 3.92. The van der Waals surface area contributed by atoms with E-state index in [2.05, 4.69) is 55.3 Å². The van der Waals surface area contributed by atoms with Crippen molar-refractivity contribution in [2.45, 2.75) is 46.1 Å². The van der Waals surface area contributed by atoms with Crippen LogP contribution < -0.4 is 5.32 Å². The van der Waals surface area contributed by atoms with Crippen molar-refractivity contribution in [1.29, 1.82) is 0 Å². The van der Waals surface area contributed by atoms with Gasteiger partial charge < -0.3 is 5.32 Å². The van der Waals surface area contributed by atoms with Crippen LogP contribution >= 0.6 is 11.3 Å². The molecule has 1 atom stereocenters. The minimum absolute atomic E-state index is 0.501. The van der Waals surface area contributed by atoms with E-state index < -0.39 is 0 Å². The van der Waals surface area contributed by atoms with Crippen molar-refractivity contribution in [2.24, 2.45) is 0 Å². The number of nitrogens with zero attached hydrogens (tertiary/aromatic N) is 1. The monoisotopic (exact) mass is 288 g/mol. The largest absolute Gasteiger partial charge is 0.317 e. The maximum absolute atomic E-state index is 4.64. The third kappa shape index (κ3) is 4.15. The van der Waals surface area contributed by atoms with E-state index in [9.17, 15) is 0 Å². The lowest BCUT2D eigenvalue weighted by molar-refractivity contribution is 0.519. The third-order valence-corrected chi connectivity index (χ3v) is 4.90. The van der Waals surface area contributed by atoms with Crippen LogP contribution in [0, 0.1) is 20.8 Å². The molecule has 108 valence electrons. The van der Waals surface area contributed by atoms with Gasteiger partial charge in [-0.3, -0.25) is 0 Å². The highest BCUT2D eigenvalue weighted by atomic mass is 32.1. The molecule has 0 bridgehead atoms. The summed E-state index contributed by atoms with van der Waals surface area (Å²) >= 11 is 1.83. The number of nitrogens with one attached hydrogen (secondary N) is 1. The summed E-state index contributed by atoms with van der Waals surface area (Å²) in [4.78, 5) is 5.98. The summed E-state index contributed by atoms with van der Waals surface area (Å²) in [6.45, 7) is 6.38. The van der Waals surface area contributed by atoms with E-state index in [4.69, 9.17) is 0 Å². The fourth-order valence-corrected chi connectivity index (χ4v) is 3.30. The van der Waals surface area contributed by atoms with Crippen molar-refractivity contribution in [3.05, 3.63) is 51.0 Å². The van der Waals surface area contributed by atoms with Gasteiger partial charge in [-0.2, -0.15) is 0 Å². The van der Waals surface area contributed by atoms with Crippen LogP contribution in [0.4, 0.5) is 0 Å². The standard InChI is InChI=1S/C17H24N2S/c1-12-5-7-15(8-6-12)9-10-16(18-4)11-17-19-13(2)14(3)20-17/h5-8,16,18H,9-11H2,1-4H3. The summed E-state index contributed by atoms with van der Waals surface area (Å²) in [6, 6.07) is 9.36. The molecular weight excluding hydrogens is 264 g/mol. The maximum atomic E-state index is 4.64. The van der Waals surface area contributed by atoms with Gasteiger partial charge in [0, 0.05) is 17.3 Å². The molecule has 2 nitrogen and oxygen atoms in total. The molecule has 20 heavy (non-hydrogen) atoms. The van der Waals surface area contributed by atoms with Gasteiger partial charge in [0.15, 0.2) is 0 Å². The van der Waals surface area contributed by atoms with Crippen LogP contribution in [0.3, 0.4) is 0 Å². The number of benzene rings is 1. The second-order valence-electron chi connectivity index (χ2n) is 5.46. The number of hydrogen-bond donors (Lipinski definition) is 1. The number of hydrogen-bond acceptors (Lipinski definition) is 3. The van der Waals surface area contributed by atoms with Gasteiger partial charge in [-0.25, -0.2) is 4.98 Å². The lowest BCUT2D eigenvalue weighted by Gasteiger charge is -2.14. The highest BCUT2D eigenvalue weighted by Gasteiger charge is 2.11. The van der Waals surface area contributed by atoms with Gasteiger partial charge in [-0.15, -0.1) is 11.3 Å². The van der Waals surface area contributed by atoms with Crippen LogP contribution in [0.25, 0.3) is 0 Å². The lowest BCUT2D eigenvalue weighted by Crippen LogP contribution is -2.28. The SMILES string of the molecule is CNC(CCc1ccc(C)cc1)Cc1nc(C)c(C)s1. The Labute approximate surface area is 126 Å². The molecule has 0 aliphatic rings. The molecule has 2 rings (SSSR count). The van der Waals surface area contributed by atoms with E-state index in [1.54, 1.807) is 0 Å². The average Bonchev–Trinajstić information content (AvgIpc) is 2.75. The van der Waals surface area contributed by atoms with Gasteiger partial charge in [0.25, 0.3) is 0 Å². The van der Waals surface area contributed by atoms with E-state index >= 15 is 0 Å². The number of rotatable bonds is 6. The highest BCUT2D eigenvalue weighted by molar-refractivity contribution is 7.11. The molecule has 0 spiro atoms. The Morgan fingerprint density at radius 3 is 2.40 bits per heavy atom. The first-order valence-electron chi connectivity index (χ1n) is 7.24. The molecule has 1 heterocycles. The van der Waals surface area contributed by atoms with Gasteiger partial charge >= 0.3 is 0 Å². The van der Waals surface area contributed by atoms with Gasteiger partial charge in [0.05, 0.1) is 10.7 Å².